The van der Waals surface area contributed by atoms with Gasteiger partial charge in [-0.15, -0.1) is 0 Å². The average Bonchev–Trinajstić information content (AvgIpc) is 2.62. The van der Waals surface area contributed by atoms with Crippen LogP contribution in [0.5, 0.6) is 0 Å². The van der Waals surface area contributed by atoms with E-state index in [1.807, 2.05) is 44.2 Å². The molecular formula is C19H30N2O3S. The molecule has 2 rings (SSSR count). The third kappa shape index (κ3) is 6.12. The molecule has 0 spiro atoms. The summed E-state index contributed by atoms with van der Waals surface area (Å²) in [6.45, 7) is 4.84. The Morgan fingerprint density at radius 3 is 2.72 bits per heavy atom. The van der Waals surface area contributed by atoms with Crippen LogP contribution in [0.3, 0.4) is 0 Å². The van der Waals surface area contributed by atoms with E-state index >= 15 is 0 Å². The van der Waals surface area contributed by atoms with Crippen molar-refractivity contribution in [3.05, 3.63) is 35.9 Å². The van der Waals surface area contributed by atoms with Crippen LogP contribution in [0.25, 0.3) is 0 Å². The quantitative estimate of drug-likeness (QED) is 0.769. The molecule has 0 unspecified atom stereocenters. The minimum Gasteiger partial charge on any atom is -0.353 e. The molecule has 1 heterocycles. The van der Waals surface area contributed by atoms with Crippen molar-refractivity contribution in [1.82, 2.24) is 9.62 Å². The zero-order chi connectivity index (χ0) is 18.3. The van der Waals surface area contributed by atoms with Gasteiger partial charge in [0.05, 0.1) is 11.7 Å². The molecule has 0 saturated carbocycles. The van der Waals surface area contributed by atoms with Gasteiger partial charge in [-0.2, -0.15) is 0 Å². The van der Waals surface area contributed by atoms with E-state index in [0.717, 1.165) is 31.2 Å². The number of sulfonamides is 1. The van der Waals surface area contributed by atoms with E-state index in [1.165, 1.54) is 4.31 Å². The van der Waals surface area contributed by atoms with Gasteiger partial charge in [0, 0.05) is 19.1 Å². The zero-order valence-corrected chi connectivity index (χ0v) is 16.1. The molecule has 0 bridgehead atoms. The highest BCUT2D eigenvalue weighted by Gasteiger charge is 2.32. The van der Waals surface area contributed by atoms with Gasteiger partial charge in [0.1, 0.15) is 0 Å². The lowest BCUT2D eigenvalue weighted by Gasteiger charge is -2.31. The minimum atomic E-state index is -3.30. The highest BCUT2D eigenvalue weighted by Crippen LogP contribution is 2.20. The molecule has 0 aliphatic carbocycles. The van der Waals surface area contributed by atoms with Gasteiger partial charge in [-0.25, -0.2) is 12.7 Å². The van der Waals surface area contributed by atoms with Gasteiger partial charge in [0.25, 0.3) is 0 Å². The fourth-order valence-electron chi connectivity index (χ4n) is 3.10. The molecule has 1 N–H and O–H groups in total. The highest BCUT2D eigenvalue weighted by atomic mass is 32.2. The lowest BCUT2D eigenvalue weighted by Crippen LogP contribution is -2.47. The average molecular weight is 367 g/mol. The lowest BCUT2D eigenvalue weighted by atomic mass is 9.98. The maximum atomic E-state index is 12.6. The first-order valence-electron chi connectivity index (χ1n) is 9.24. The number of hydrogen-bond donors (Lipinski definition) is 1. The molecule has 25 heavy (non-hydrogen) atoms. The van der Waals surface area contributed by atoms with E-state index in [4.69, 9.17) is 0 Å². The second-order valence-electron chi connectivity index (χ2n) is 6.92. The lowest BCUT2D eigenvalue weighted by molar-refractivity contribution is -0.126. The Bertz CT molecular complexity index is 646. The Hall–Kier alpha value is -1.40. The van der Waals surface area contributed by atoms with E-state index in [1.54, 1.807) is 0 Å². The van der Waals surface area contributed by atoms with Crippen molar-refractivity contribution in [2.45, 2.75) is 52.0 Å². The Morgan fingerprint density at radius 2 is 2.04 bits per heavy atom. The van der Waals surface area contributed by atoms with Crippen molar-refractivity contribution in [3.8, 4) is 0 Å². The Labute approximate surface area is 151 Å². The first-order chi connectivity index (χ1) is 11.9. The monoisotopic (exact) mass is 366 g/mol. The predicted molar refractivity (Wildman–Crippen MR) is 101 cm³/mol. The number of benzene rings is 1. The third-order valence-corrected chi connectivity index (χ3v) is 6.78. The number of hydrogen-bond acceptors (Lipinski definition) is 3. The molecule has 5 nitrogen and oxygen atoms in total. The first-order valence-corrected chi connectivity index (χ1v) is 10.9. The number of carbonyl (C=O) groups excluding carboxylic acids is 1. The minimum absolute atomic E-state index is 0.0152. The Kier molecular flexibility index (Phi) is 7.44. The summed E-state index contributed by atoms with van der Waals surface area (Å²) >= 11 is 0. The van der Waals surface area contributed by atoms with E-state index in [9.17, 15) is 13.2 Å². The number of piperidine rings is 1. The van der Waals surface area contributed by atoms with E-state index in [-0.39, 0.29) is 23.6 Å². The number of nitrogens with one attached hydrogen (secondary N) is 1. The predicted octanol–water partition coefficient (Wildman–Crippen LogP) is 2.58. The molecular weight excluding hydrogens is 336 g/mol. The van der Waals surface area contributed by atoms with Gasteiger partial charge >= 0.3 is 0 Å². The summed E-state index contributed by atoms with van der Waals surface area (Å²) in [5, 5.41) is 2.98. The normalized spacial score (nSPS) is 20.2. The summed E-state index contributed by atoms with van der Waals surface area (Å²) in [6.07, 6.45) is 3.74. The van der Waals surface area contributed by atoms with Gasteiger partial charge < -0.3 is 5.32 Å². The second kappa shape index (κ2) is 9.34. The molecule has 1 amide bonds. The van der Waals surface area contributed by atoms with Gasteiger partial charge in [0.15, 0.2) is 0 Å². The first kappa shape index (κ1) is 19.9. The smallest absolute Gasteiger partial charge is 0.224 e. The molecule has 1 aromatic carbocycles. The number of nitrogens with zero attached hydrogens (tertiary/aromatic N) is 1. The van der Waals surface area contributed by atoms with Crippen molar-refractivity contribution in [3.63, 3.8) is 0 Å². The van der Waals surface area contributed by atoms with Crippen LogP contribution in [0.1, 0.15) is 45.1 Å². The molecule has 1 aliphatic heterocycles. The largest absolute Gasteiger partial charge is 0.353 e. The van der Waals surface area contributed by atoms with Crippen LogP contribution in [0.2, 0.25) is 0 Å². The Balaban J connectivity index is 1.86. The molecule has 1 aromatic rings. The standard InChI is InChI=1S/C19H30N2O3S/c1-3-16(2)20-19(22)18-12-7-13-21(15-18)25(23,24)14-8-11-17-9-5-4-6-10-17/h4-6,9-10,16,18H,3,7-8,11-15H2,1-2H3,(H,20,22)/t16-,18+/m1/s1. The molecule has 1 aliphatic rings. The summed E-state index contributed by atoms with van der Waals surface area (Å²) in [7, 11) is -3.30. The number of amides is 1. The fourth-order valence-corrected chi connectivity index (χ4v) is 4.69. The van der Waals surface area contributed by atoms with Crippen LogP contribution in [0.15, 0.2) is 30.3 Å². The van der Waals surface area contributed by atoms with Crippen LogP contribution in [-0.4, -0.2) is 43.5 Å². The maximum absolute atomic E-state index is 12.6. The van der Waals surface area contributed by atoms with Crippen LogP contribution in [0, 0.1) is 5.92 Å². The SMILES string of the molecule is CC[C@@H](C)NC(=O)[C@H]1CCCN(S(=O)(=O)CCCc2ccccc2)C1. The summed E-state index contributed by atoms with van der Waals surface area (Å²) < 4.78 is 26.7. The second-order valence-corrected chi connectivity index (χ2v) is 9.01. The molecule has 6 heteroatoms. The van der Waals surface area contributed by atoms with Crippen molar-refractivity contribution in [2.75, 3.05) is 18.8 Å². The van der Waals surface area contributed by atoms with E-state index in [0.29, 0.717) is 19.5 Å². The van der Waals surface area contributed by atoms with Gasteiger partial charge in [-0.3, -0.25) is 4.79 Å². The summed E-state index contributed by atoms with van der Waals surface area (Å²) in [4.78, 5) is 12.3. The Morgan fingerprint density at radius 1 is 1.32 bits per heavy atom. The van der Waals surface area contributed by atoms with Crippen molar-refractivity contribution < 1.29 is 13.2 Å². The van der Waals surface area contributed by atoms with E-state index in [2.05, 4.69) is 5.32 Å². The van der Waals surface area contributed by atoms with Crippen LogP contribution in [0.4, 0.5) is 0 Å². The van der Waals surface area contributed by atoms with Gasteiger partial charge in [0.2, 0.25) is 15.9 Å². The van der Waals surface area contributed by atoms with Crippen molar-refractivity contribution in [1.29, 1.82) is 0 Å². The zero-order valence-electron chi connectivity index (χ0n) is 15.3. The van der Waals surface area contributed by atoms with Crippen LogP contribution < -0.4 is 5.32 Å². The van der Waals surface area contributed by atoms with Crippen LogP contribution >= 0.6 is 0 Å². The summed E-state index contributed by atoms with van der Waals surface area (Å²) in [5.74, 6) is -0.105. The van der Waals surface area contributed by atoms with E-state index < -0.39 is 10.0 Å². The molecule has 0 aromatic heterocycles. The number of carbonyl (C=O) groups is 1. The highest BCUT2D eigenvalue weighted by molar-refractivity contribution is 7.89. The molecule has 1 fully saturated rings. The summed E-state index contributed by atoms with van der Waals surface area (Å²) in [5.41, 5.74) is 1.15. The number of rotatable bonds is 8. The maximum Gasteiger partial charge on any atom is 0.224 e. The molecule has 2 atom stereocenters. The molecule has 0 radical (unpaired) electrons. The third-order valence-electron chi connectivity index (χ3n) is 4.86. The van der Waals surface area contributed by atoms with Gasteiger partial charge in [-0.1, -0.05) is 37.3 Å². The molecule has 1 saturated heterocycles. The summed E-state index contributed by atoms with van der Waals surface area (Å²) in [6, 6.07) is 10.1. The van der Waals surface area contributed by atoms with Crippen molar-refractivity contribution in [2.24, 2.45) is 5.92 Å². The van der Waals surface area contributed by atoms with Crippen molar-refractivity contribution >= 4 is 15.9 Å². The van der Waals surface area contributed by atoms with Gasteiger partial charge in [-0.05, 0) is 44.6 Å². The number of aryl methyl sites for hydroxylation is 1. The fraction of sp³-hybridized carbons (Fsp3) is 0.632. The van der Waals surface area contributed by atoms with Crippen LogP contribution in [-0.2, 0) is 21.2 Å². The topological polar surface area (TPSA) is 66.5 Å². The molecule has 140 valence electrons.